The van der Waals surface area contributed by atoms with Gasteiger partial charge >= 0.3 is 0 Å². The molecule has 32 heavy (non-hydrogen) atoms. The fraction of sp³-hybridized carbons (Fsp3) is 0.696. The summed E-state index contributed by atoms with van der Waals surface area (Å²) in [5, 5.41) is 3.06. The van der Waals surface area contributed by atoms with Crippen LogP contribution in [0.3, 0.4) is 0 Å². The Labute approximate surface area is 203 Å². The molecule has 9 heteroatoms. The number of hydrogen-bond donors (Lipinski definition) is 3. The number of nitrogens with one attached hydrogen (secondary N) is 1. The average molecular weight is 486 g/mol. The monoisotopic (exact) mass is 485 g/mol. The van der Waals surface area contributed by atoms with Crippen LogP contribution in [-0.4, -0.2) is 39.8 Å². The number of nitrogen functional groups attached to an aromatic ring is 1. The van der Waals surface area contributed by atoms with Gasteiger partial charge < -0.3 is 21.7 Å². The minimum atomic E-state index is -0.700. The third-order valence-corrected chi connectivity index (χ3v) is 7.43. The Balaban J connectivity index is 0.00000181. The van der Waals surface area contributed by atoms with Gasteiger partial charge in [0.15, 0.2) is 0 Å². The molecule has 180 valence electrons. The van der Waals surface area contributed by atoms with Crippen molar-refractivity contribution < 1.29 is 9.59 Å². The number of aryl methyl sites for hydroxylation is 1. The average Bonchev–Trinajstić information content (AvgIpc) is 3.49. The largest absolute Gasteiger partial charge is 0.384 e. The molecule has 1 aromatic heterocycles. The van der Waals surface area contributed by atoms with Crippen molar-refractivity contribution in [2.45, 2.75) is 82.8 Å². The molecular formula is C23H37Cl2N5O2. The van der Waals surface area contributed by atoms with Gasteiger partial charge in [-0.2, -0.15) is 0 Å². The summed E-state index contributed by atoms with van der Waals surface area (Å²) in [6.07, 6.45) is 9.55. The van der Waals surface area contributed by atoms with Crippen LogP contribution in [0.25, 0.3) is 0 Å². The molecule has 2 aliphatic carbocycles. The number of amides is 2. The molecular weight excluding hydrogens is 449 g/mol. The number of nitrogens with zero attached hydrogens (tertiary/aromatic N) is 2. The van der Waals surface area contributed by atoms with E-state index in [2.05, 4.69) is 10.3 Å². The molecule has 1 saturated heterocycles. The Morgan fingerprint density at radius 2 is 1.91 bits per heavy atom. The summed E-state index contributed by atoms with van der Waals surface area (Å²) in [5.41, 5.74) is 13.1. The second kappa shape index (κ2) is 11.0. The van der Waals surface area contributed by atoms with Crippen LogP contribution >= 0.6 is 24.8 Å². The van der Waals surface area contributed by atoms with Crippen molar-refractivity contribution in [3.63, 3.8) is 0 Å². The molecule has 0 unspecified atom stereocenters. The van der Waals surface area contributed by atoms with E-state index in [1.807, 2.05) is 17.9 Å². The van der Waals surface area contributed by atoms with Gasteiger partial charge in [0.1, 0.15) is 11.4 Å². The van der Waals surface area contributed by atoms with E-state index in [0.29, 0.717) is 24.8 Å². The summed E-state index contributed by atoms with van der Waals surface area (Å²) in [6, 6.07) is 3.14. The number of rotatable bonds is 6. The molecule has 7 nitrogen and oxygen atoms in total. The molecule has 1 aromatic rings. The van der Waals surface area contributed by atoms with Crippen LogP contribution in [0.4, 0.5) is 5.82 Å². The Hall–Kier alpha value is -1.57. The van der Waals surface area contributed by atoms with Crippen LogP contribution < -0.4 is 16.8 Å². The van der Waals surface area contributed by atoms with Gasteiger partial charge in [-0.25, -0.2) is 4.98 Å². The smallest absolute Gasteiger partial charge is 0.246 e. The number of hydrogen-bond acceptors (Lipinski definition) is 5. The van der Waals surface area contributed by atoms with Crippen LogP contribution in [0, 0.1) is 18.8 Å². The summed E-state index contributed by atoms with van der Waals surface area (Å²) in [4.78, 5) is 32.6. The van der Waals surface area contributed by atoms with Gasteiger partial charge in [-0.3, -0.25) is 9.59 Å². The molecule has 1 aliphatic heterocycles. The highest BCUT2D eigenvalue weighted by Gasteiger charge is 2.66. The van der Waals surface area contributed by atoms with Crippen LogP contribution in [0.1, 0.15) is 69.0 Å². The minimum absolute atomic E-state index is 0. The van der Waals surface area contributed by atoms with E-state index in [9.17, 15) is 9.59 Å². The van der Waals surface area contributed by atoms with Crippen LogP contribution in [0.15, 0.2) is 12.1 Å². The quantitative estimate of drug-likeness (QED) is 0.572. The summed E-state index contributed by atoms with van der Waals surface area (Å²) in [5.74, 6) is 1.18. The number of pyridine rings is 1. The minimum Gasteiger partial charge on any atom is -0.384 e. The number of piperidine rings is 1. The second-order valence-corrected chi connectivity index (χ2v) is 9.47. The first kappa shape index (κ1) is 26.7. The van der Waals surface area contributed by atoms with Crippen molar-refractivity contribution in [3.05, 3.63) is 23.4 Å². The maximum absolute atomic E-state index is 13.3. The number of likely N-dealkylation sites (tertiary alicyclic amines) is 1. The maximum atomic E-state index is 13.3. The second-order valence-electron chi connectivity index (χ2n) is 9.47. The third-order valence-electron chi connectivity index (χ3n) is 7.43. The fourth-order valence-electron chi connectivity index (χ4n) is 5.60. The molecule has 4 rings (SSSR count). The molecule has 2 amide bonds. The zero-order valence-electron chi connectivity index (χ0n) is 18.8. The lowest BCUT2D eigenvalue weighted by Crippen LogP contribution is -2.58. The van der Waals surface area contributed by atoms with Gasteiger partial charge in [0.05, 0.1) is 6.04 Å². The van der Waals surface area contributed by atoms with Gasteiger partial charge in [-0.15, -0.1) is 24.8 Å². The Kier molecular flexibility index (Phi) is 9.20. The van der Waals surface area contributed by atoms with Crippen LogP contribution in [-0.2, 0) is 16.1 Å². The zero-order chi connectivity index (χ0) is 21.3. The molecule has 2 saturated carbocycles. The topological polar surface area (TPSA) is 114 Å². The molecule has 0 spiro atoms. The molecule has 0 radical (unpaired) electrons. The highest BCUT2D eigenvalue weighted by atomic mass is 35.5. The standard InChI is InChI=1S/C23H35N5O2.2ClH/c1-15-17(9-10-20(25)27-15)14-26-22(30)23-13-18(23)8-5-11-28(23)21(29)19(24)12-16-6-3-2-4-7-16;;/h9-10,16,18-19H,2-8,11-14,24H2,1H3,(H2,25,27)(H,26,30);2*1H/t18-,19-,23+;;/m1../s1. The predicted octanol–water partition coefficient (Wildman–Crippen LogP) is 3.11. The SMILES string of the molecule is Cc1nc(N)ccc1CNC(=O)[C@]12C[C@H]1CCCN2C(=O)[C@H](N)CC1CCCCC1.Cl.Cl. The first-order chi connectivity index (χ1) is 14.4. The number of fused-ring (bicyclic) bond motifs is 1. The first-order valence-electron chi connectivity index (χ1n) is 11.5. The molecule has 3 aliphatic rings. The number of halogens is 2. The Morgan fingerprint density at radius 1 is 1.19 bits per heavy atom. The predicted molar refractivity (Wildman–Crippen MR) is 131 cm³/mol. The summed E-state index contributed by atoms with van der Waals surface area (Å²) >= 11 is 0. The highest BCUT2D eigenvalue weighted by Crippen LogP contribution is 2.54. The lowest BCUT2D eigenvalue weighted by Gasteiger charge is -2.37. The van der Waals surface area contributed by atoms with Crippen LogP contribution in [0.2, 0.25) is 0 Å². The zero-order valence-corrected chi connectivity index (χ0v) is 20.5. The lowest BCUT2D eigenvalue weighted by atomic mass is 9.84. The molecule has 5 N–H and O–H groups in total. The molecule has 0 bridgehead atoms. The number of carbonyl (C=O) groups excluding carboxylic acids is 2. The van der Waals surface area contributed by atoms with E-state index >= 15 is 0 Å². The van der Waals surface area contributed by atoms with Crippen molar-refractivity contribution in [2.24, 2.45) is 17.6 Å². The van der Waals surface area contributed by atoms with E-state index in [4.69, 9.17) is 11.5 Å². The lowest BCUT2D eigenvalue weighted by molar-refractivity contribution is -0.145. The van der Waals surface area contributed by atoms with Crippen molar-refractivity contribution >= 4 is 42.4 Å². The molecule has 3 fully saturated rings. The Bertz CT molecular complexity index is 818. The number of anilines is 1. The third kappa shape index (κ3) is 5.32. The highest BCUT2D eigenvalue weighted by molar-refractivity contribution is 5.96. The molecule has 3 atom stereocenters. The van der Waals surface area contributed by atoms with Gasteiger partial charge in [0.25, 0.3) is 0 Å². The van der Waals surface area contributed by atoms with E-state index < -0.39 is 11.6 Å². The van der Waals surface area contributed by atoms with Gasteiger partial charge in [-0.1, -0.05) is 38.2 Å². The van der Waals surface area contributed by atoms with E-state index in [-0.39, 0.29) is 42.5 Å². The number of carbonyl (C=O) groups is 2. The Morgan fingerprint density at radius 3 is 2.59 bits per heavy atom. The number of nitrogens with two attached hydrogens (primary N) is 2. The first-order valence-corrected chi connectivity index (χ1v) is 11.5. The van der Waals surface area contributed by atoms with Crippen molar-refractivity contribution in [2.75, 3.05) is 12.3 Å². The van der Waals surface area contributed by atoms with E-state index in [1.165, 1.54) is 32.1 Å². The fourth-order valence-corrected chi connectivity index (χ4v) is 5.60. The maximum Gasteiger partial charge on any atom is 0.246 e. The van der Waals surface area contributed by atoms with E-state index in [0.717, 1.165) is 36.9 Å². The van der Waals surface area contributed by atoms with Crippen molar-refractivity contribution in [1.29, 1.82) is 0 Å². The normalized spacial score (nSPS) is 25.6. The molecule has 0 aromatic carbocycles. The van der Waals surface area contributed by atoms with Crippen LogP contribution in [0.5, 0.6) is 0 Å². The van der Waals surface area contributed by atoms with E-state index in [1.54, 1.807) is 6.07 Å². The van der Waals surface area contributed by atoms with Gasteiger partial charge in [0.2, 0.25) is 11.8 Å². The number of aromatic nitrogens is 1. The van der Waals surface area contributed by atoms with Crippen molar-refractivity contribution in [3.8, 4) is 0 Å². The summed E-state index contributed by atoms with van der Waals surface area (Å²) in [6.45, 7) is 2.91. The van der Waals surface area contributed by atoms with Crippen molar-refractivity contribution in [1.82, 2.24) is 15.2 Å². The summed E-state index contributed by atoms with van der Waals surface area (Å²) in [7, 11) is 0. The summed E-state index contributed by atoms with van der Waals surface area (Å²) < 4.78 is 0. The molecule has 2 heterocycles. The van der Waals surface area contributed by atoms with Gasteiger partial charge in [0, 0.05) is 18.8 Å². The van der Waals surface area contributed by atoms with Gasteiger partial charge in [-0.05, 0) is 56.1 Å².